The fourth-order valence-electron chi connectivity index (χ4n) is 3.36. The van der Waals surface area contributed by atoms with E-state index in [0.29, 0.717) is 12.6 Å². The van der Waals surface area contributed by atoms with Gasteiger partial charge in [-0.1, -0.05) is 12.1 Å². The van der Waals surface area contributed by atoms with Crippen LogP contribution in [0.4, 0.5) is 4.79 Å². The Labute approximate surface area is 137 Å². The number of rotatable bonds is 5. The third-order valence-electron chi connectivity index (χ3n) is 4.45. The van der Waals surface area contributed by atoms with E-state index >= 15 is 0 Å². The molecule has 2 amide bonds. The van der Waals surface area contributed by atoms with Gasteiger partial charge in [-0.2, -0.15) is 0 Å². The number of nitrogens with one attached hydrogen (secondary N) is 2. The molecule has 23 heavy (non-hydrogen) atoms. The number of benzene rings is 1. The summed E-state index contributed by atoms with van der Waals surface area (Å²) >= 11 is 0. The van der Waals surface area contributed by atoms with E-state index in [1.807, 2.05) is 39.0 Å². The van der Waals surface area contributed by atoms with Crippen molar-refractivity contribution in [3.63, 3.8) is 0 Å². The Morgan fingerprint density at radius 1 is 1.39 bits per heavy atom. The Morgan fingerprint density at radius 2 is 2.22 bits per heavy atom. The molecule has 2 aliphatic heterocycles. The second kappa shape index (κ2) is 6.79. The second-order valence-electron chi connectivity index (χ2n) is 6.82. The molecule has 0 spiro atoms. The minimum Gasteiger partial charge on any atom is -0.491 e. The number of urea groups is 1. The first-order chi connectivity index (χ1) is 11.0. The maximum atomic E-state index is 12.1. The summed E-state index contributed by atoms with van der Waals surface area (Å²) in [7, 11) is 0. The number of carbonyl (C=O) groups is 1. The standard InChI is InChI=1S/C18H26N2O3/c1-11(2)22-17-8-12(3)4-5-13(17)10-19-18(21)20-15-9-14-6-7-16(15)23-14/h4-5,8,11,14-16H,6-7,9-10H2,1-3H3,(H2,19,20,21)/t14-,15-,16-/m1/s1. The minimum absolute atomic E-state index is 0.107. The van der Waals surface area contributed by atoms with Crippen molar-refractivity contribution in [1.29, 1.82) is 0 Å². The molecule has 2 fully saturated rings. The molecule has 0 aliphatic carbocycles. The number of hydrogen-bond donors (Lipinski definition) is 2. The highest BCUT2D eigenvalue weighted by atomic mass is 16.5. The van der Waals surface area contributed by atoms with Crippen LogP contribution in [0, 0.1) is 6.92 Å². The van der Waals surface area contributed by atoms with Crippen molar-refractivity contribution in [1.82, 2.24) is 10.6 Å². The Kier molecular flexibility index (Phi) is 4.76. The number of carbonyl (C=O) groups excluding carboxylic acids is 1. The monoisotopic (exact) mass is 318 g/mol. The quantitative estimate of drug-likeness (QED) is 0.877. The first-order valence-corrected chi connectivity index (χ1v) is 8.47. The van der Waals surface area contributed by atoms with E-state index in [2.05, 4.69) is 10.6 Å². The van der Waals surface area contributed by atoms with Gasteiger partial charge in [0.05, 0.1) is 24.4 Å². The molecule has 126 valence electrons. The predicted molar refractivity (Wildman–Crippen MR) is 88.6 cm³/mol. The number of amides is 2. The SMILES string of the molecule is Cc1ccc(CNC(=O)N[C@@H]2C[C@H]3CC[C@H]2O3)c(OC(C)C)c1. The summed E-state index contributed by atoms with van der Waals surface area (Å²) in [5.41, 5.74) is 2.14. The Hall–Kier alpha value is -1.75. The second-order valence-corrected chi connectivity index (χ2v) is 6.82. The maximum absolute atomic E-state index is 12.1. The van der Waals surface area contributed by atoms with Crippen LogP contribution in [0.1, 0.15) is 44.2 Å². The smallest absolute Gasteiger partial charge is 0.315 e. The normalized spacial score (nSPS) is 25.7. The van der Waals surface area contributed by atoms with E-state index in [-0.39, 0.29) is 24.3 Å². The van der Waals surface area contributed by atoms with Gasteiger partial charge in [0.15, 0.2) is 0 Å². The summed E-state index contributed by atoms with van der Waals surface area (Å²) in [4.78, 5) is 12.1. The van der Waals surface area contributed by atoms with Crippen LogP contribution in [0.5, 0.6) is 5.75 Å². The molecule has 2 heterocycles. The molecule has 2 bridgehead atoms. The van der Waals surface area contributed by atoms with Gasteiger partial charge in [-0.15, -0.1) is 0 Å². The highest BCUT2D eigenvalue weighted by Crippen LogP contribution is 2.34. The summed E-state index contributed by atoms with van der Waals surface area (Å²) in [6, 6.07) is 6.07. The molecule has 1 aromatic rings. The molecule has 2 saturated heterocycles. The molecule has 2 aliphatic rings. The lowest BCUT2D eigenvalue weighted by Gasteiger charge is -2.21. The van der Waals surface area contributed by atoms with Gasteiger partial charge in [0.1, 0.15) is 5.75 Å². The van der Waals surface area contributed by atoms with Gasteiger partial charge >= 0.3 is 6.03 Å². The summed E-state index contributed by atoms with van der Waals surface area (Å²) in [5, 5.41) is 5.97. The highest BCUT2D eigenvalue weighted by Gasteiger charge is 2.41. The first-order valence-electron chi connectivity index (χ1n) is 8.47. The van der Waals surface area contributed by atoms with Gasteiger partial charge in [0.25, 0.3) is 0 Å². The number of hydrogen-bond acceptors (Lipinski definition) is 3. The van der Waals surface area contributed by atoms with Gasteiger partial charge in [-0.05, 0) is 51.7 Å². The van der Waals surface area contributed by atoms with E-state index in [0.717, 1.165) is 36.1 Å². The van der Waals surface area contributed by atoms with Crippen LogP contribution in [0.3, 0.4) is 0 Å². The molecule has 3 rings (SSSR count). The van der Waals surface area contributed by atoms with E-state index in [4.69, 9.17) is 9.47 Å². The minimum atomic E-state index is -0.137. The molecule has 0 radical (unpaired) electrons. The zero-order valence-electron chi connectivity index (χ0n) is 14.1. The van der Waals surface area contributed by atoms with Crippen LogP contribution in [-0.4, -0.2) is 30.4 Å². The van der Waals surface area contributed by atoms with Gasteiger partial charge in [-0.3, -0.25) is 0 Å². The Balaban J connectivity index is 1.54. The van der Waals surface area contributed by atoms with Crippen LogP contribution in [0.15, 0.2) is 18.2 Å². The molecule has 5 nitrogen and oxygen atoms in total. The van der Waals surface area contributed by atoms with Crippen molar-refractivity contribution in [3.8, 4) is 5.75 Å². The van der Waals surface area contributed by atoms with Gasteiger partial charge < -0.3 is 20.1 Å². The fourth-order valence-corrected chi connectivity index (χ4v) is 3.36. The van der Waals surface area contributed by atoms with Crippen molar-refractivity contribution < 1.29 is 14.3 Å². The molecule has 0 saturated carbocycles. The molecule has 1 aromatic carbocycles. The highest BCUT2D eigenvalue weighted by molar-refractivity contribution is 5.74. The van der Waals surface area contributed by atoms with E-state index in [1.54, 1.807) is 0 Å². The number of ether oxygens (including phenoxy) is 2. The summed E-state index contributed by atoms with van der Waals surface area (Å²) in [5.74, 6) is 0.837. The average molecular weight is 318 g/mol. The van der Waals surface area contributed by atoms with Crippen LogP contribution >= 0.6 is 0 Å². The van der Waals surface area contributed by atoms with Crippen LogP contribution in [0.25, 0.3) is 0 Å². The van der Waals surface area contributed by atoms with Gasteiger partial charge in [-0.25, -0.2) is 4.79 Å². The Bertz CT molecular complexity index is 573. The molecule has 5 heteroatoms. The third kappa shape index (κ3) is 3.96. The fraction of sp³-hybridized carbons (Fsp3) is 0.611. The molecule has 2 N–H and O–H groups in total. The van der Waals surface area contributed by atoms with Gasteiger partial charge in [0.2, 0.25) is 0 Å². The molecular formula is C18H26N2O3. The summed E-state index contributed by atoms with van der Waals surface area (Å²) in [6.07, 6.45) is 3.77. The maximum Gasteiger partial charge on any atom is 0.315 e. The Morgan fingerprint density at radius 3 is 2.87 bits per heavy atom. The van der Waals surface area contributed by atoms with Gasteiger partial charge in [0, 0.05) is 12.1 Å². The lowest BCUT2D eigenvalue weighted by molar-refractivity contribution is 0.0981. The number of aryl methyl sites for hydroxylation is 1. The zero-order chi connectivity index (χ0) is 16.4. The van der Waals surface area contributed by atoms with Crippen LogP contribution in [-0.2, 0) is 11.3 Å². The van der Waals surface area contributed by atoms with E-state index in [1.165, 1.54) is 0 Å². The largest absolute Gasteiger partial charge is 0.491 e. The third-order valence-corrected chi connectivity index (χ3v) is 4.45. The van der Waals surface area contributed by atoms with E-state index in [9.17, 15) is 4.79 Å². The molecular weight excluding hydrogens is 292 g/mol. The van der Waals surface area contributed by atoms with Crippen LogP contribution in [0.2, 0.25) is 0 Å². The van der Waals surface area contributed by atoms with E-state index < -0.39 is 0 Å². The molecule has 0 unspecified atom stereocenters. The predicted octanol–water partition coefficient (Wildman–Crippen LogP) is 2.90. The molecule has 3 atom stereocenters. The van der Waals surface area contributed by atoms with Crippen LogP contribution < -0.4 is 15.4 Å². The first kappa shape index (κ1) is 16.1. The topological polar surface area (TPSA) is 59.6 Å². The van der Waals surface area contributed by atoms with Crippen molar-refractivity contribution >= 4 is 6.03 Å². The lowest BCUT2D eigenvalue weighted by Crippen LogP contribution is -2.46. The number of fused-ring (bicyclic) bond motifs is 2. The zero-order valence-corrected chi connectivity index (χ0v) is 14.1. The van der Waals surface area contributed by atoms with Crippen molar-refractivity contribution in [3.05, 3.63) is 29.3 Å². The van der Waals surface area contributed by atoms with Crippen molar-refractivity contribution in [2.24, 2.45) is 0 Å². The summed E-state index contributed by atoms with van der Waals surface area (Å²) in [6.45, 7) is 6.49. The molecule has 0 aromatic heterocycles. The average Bonchev–Trinajstić information content (AvgIpc) is 3.08. The van der Waals surface area contributed by atoms with Crippen molar-refractivity contribution in [2.75, 3.05) is 0 Å². The summed E-state index contributed by atoms with van der Waals surface area (Å²) < 4.78 is 11.6. The van der Waals surface area contributed by atoms with Crippen molar-refractivity contribution in [2.45, 2.75) is 70.9 Å². The lowest BCUT2D eigenvalue weighted by atomic mass is 9.96.